The molecule has 0 heterocycles. The van der Waals surface area contributed by atoms with Gasteiger partial charge in [-0.05, 0) is 36.6 Å². The highest BCUT2D eigenvalue weighted by Gasteiger charge is 2.00. The number of phenolic OH excluding ortho intramolecular Hbond substituents is 2. The summed E-state index contributed by atoms with van der Waals surface area (Å²) >= 11 is 0. The first-order chi connectivity index (χ1) is 6.63. The van der Waals surface area contributed by atoms with Gasteiger partial charge in [-0.3, -0.25) is 0 Å². The van der Waals surface area contributed by atoms with Crippen LogP contribution in [0.15, 0.2) is 24.3 Å². The van der Waals surface area contributed by atoms with Crippen LogP contribution in [0, 0.1) is 0 Å². The number of aromatic hydroxyl groups is 2. The topological polar surface area (TPSA) is 40.5 Å². The molecule has 0 bridgehead atoms. The van der Waals surface area contributed by atoms with Gasteiger partial charge < -0.3 is 10.2 Å². The summed E-state index contributed by atoms with van der Waals surface area (Å²) in [6, 6.07) is 4.64. The normalized spacial score (nSPS) is 11.7. The summed E-state index contributed by atoms with van der Waals surface area (Å²) in [5.74, 6) is 0.202. The van der Waals surface area contributed by atoms with E-state index in [0.717, 1.165) is 24.0 Å². The fourth-order valence-corrected chi connectivity index (χ4v) is 1.30. The number of hydrogen-bond donors (Lipinski definition) is 2. The lowest BCUT2D eigenvalue weighted by Gasteiger charge is -2.03. The van der Waals surface area contributed by atoms with Crippen LogP contribution in [0.2, 0.25) is 0 Å². The van der Waals surface area contributed by atoms with E-state index in [1.807, 2.05) is 6.92 Å². The standard InChI is InChI=1S/C12H16O2/c1-3-4-5-9(2)10-6-11(13)8-12(14)7-10/h5-8,13-14H,3-4H2,1-2H3/b9-5+. The van der Waals surface area contributed by atoms with Gasteiger partial charge in [-0.1, -0.05) is 19.4 Å². The lowest BCUT2D eigenvalue weighted by molar-refractivity contribution is 0.450. The highest BCUT2D eigenvalue weighted by molar-refractivity contribution is 5.66. The minimum absolute atomic E-state index is 0.101. The van der Waals surface area contributed by atoms with Gasteiger partial charge in [-0.25, -0.2) is 0 Å². The summed E-state index contributed by atoms with van der Waals surface area (Å²) in [6.45, 7) is 4.09. The van der Waals surface area contributed by atoms with Crippen molar-refractivity contribution < 1.29 is 10.2 Å². The summed E-state index contributed by atoms with van der Waals surface area (Å²) in [6.07, 6.45) is 4.22. The van der Waals surface area contributed by atoms with Crippen molar-refractivity contribution in [2.24, 2.45) is 0 Å². The second-order valence-electron chi connectivity index (χ2n) is 3.41. The fraction of sp³-hybridized carbons (Fsp3) is 0.333. The fourth-order valence-electron chi connectivity index (χ4n) is 1.30. The second-order valence-corrected chi connectivity index (χ2v) is 3.41. The molecule has 1 rings (SSSR count). The minimum Gasteiger partial charge on any atom is -0.508 e. The Morgan fingerprint density at radius 1 is 1.21 bits per heavy atom. The largest absolute Gasteiger partial charge is 0.508 e. The van der Waals surface area contributed by atoms with Crippen LogP contribution < -0.4 is 0 Å². The lowest BCUT2D eigenvalue weighted by atomic mass is 10.1. The molecule has 0 saturated carbocycles. The molecule has 2 heteroatoms. The number of rotatable bonds is 3. The maximum Gasteiger partial charge on any atom is 0.119 e. The highest BCUT2D eigenvalue weighted by Crippen LogP contribution is 2.25. The van der Waals surface area contributed by atoms with Crippen LogP contribution in [-0.4, -0.2) is 10.2 Å². The van der Waals surface area contributed by atoms with E-state index in [1.165, 1.54) is 6.07 Å². The van der Waals surface area contributed by atoms with Crippen molar-refractivity contribution in [2.75, 3.05) is 0 Å². The Bertz CT molecular complexity index is 320. The van der Waals surface area contributed by atoms with Crippen LogP contribution >= 0.6 is 0 Å². The Hall–Kier alpha value is -1.44. The summed E-state index contributed by atoms with van der Waals surface area (Å²) < 4.78 is 0. The van der Waals surface area contributed by atoms with Crippen molar-refractivity contribution >= 4 is 5.57 Å². The van der Waals surface area contributed by atoms with Crippen LogP contribution in [0.1, 0.15) is 32.3 Å². The Labute approximate surface area is 84.5 Å². The highest BCUT2D eigenvalue weighted by atomic mass is 16.3. The molecule has 2 N–H and O–H groups in total. The smallest absolute Gasteiger partial charge is 0.119 e. The molecule has 0 aliphatic heterocycles. The van der Waals surface area contributed by atoms with E-state index in [2.05, 4.69) is 13.0 Å². The van der Waals surface area contributed by atoms with Crippen molar-refractivity contribution in [3.05, 3.63) is 29.8 Å². The third kappa shape index (κ3) is 2.80. The van der Waals surface area contributed by atoms with Crippen LogP contribution in [0.25, 0.3) is 5.57 Å². The minimum atomic E-state index is 0.101. The molecule has 0 atom stereocenters. The van der Waals surface area contributed by atoms with Crippen LogP contribution in [0.3, 0.4) is 0 Å². The third-order valence-electron chi connectivity index (χ3n) is 2.10. The van der Waals surface area contributed by atoms with Gasteiger partial charge in [0.05, 0.1) is 0 Å². The van der Waals surface area contributed by atoms with Crippen LogP contribution in [0.5, 0.6) is 11.5 Å². The molecule has 0 aliphatic rings. The lowest BCUT2D eigenvalue weighted by Crippen LogP contribution is -1.80. The molecule has 1 aromatic carbocycles. The molecule has 0 radical (unpaired) electrons. The molecular weight excluding hydrogens is 176 g/mol. The Kier molecular flexibility index (Phi) is 3.57. The summed E-state index contributed by atoms with van der Waals surface area (Å²) in [5.41, 5.74) is 1.95. The third-order valence-corrected chi connectivity index (χ3v) is 2.10. The van der Waals surface area contributed by atoms with E-state index in [0.29, 0.717) is 0 Å². The van der Waals surface area contributed by atoms with Crippen molar-refractivity contribution in [1.29, 1.82) is 0 Å². The predicted molar refractivity (Wildman–Crippen MR) is 58.3 cm³/mol. The van der Waals surface area contributed by atoms with E-state index in [4.69, 9.17) is 0 Å². The zero-order chi connectivity index (χ0) is 10.6. The molecule has 0 aromatic heterocycles. The van der Waals surface area contributed by atoms with E-state index in [-0.39, 0.29) is 11.5 Å². The zero-order valence-electron chi connectivity index (χ0n) is 8.62. The molecule has 76 valence electrons. The first-order valence-corrected chi connectivity index (χ1v) is 4.83. The van der Waals surface area contributed by atoms with Crippen LogP contribution in [0.4, 0.5) is 0 Å². The molecule has 0 unspecified atom stereocenters. The Balaban J connectivity index is 2.95. The van der Waals surface area contributed by atoms with Gasteiger partial charge >= 0.3 is 0 Å². The molecule has 1 aromatic rings. The molecule has 14 heavy (non-hydrogen) atoms. The van der Waals surface area contributed by atoms with Gasteiger partial charge in [0.25, 0.3) is 0 Å². The second kappa shape index (κ2) is 4.70. The van der Waals surface area contributed by atoms with Crippen molar-refractivity contribution in [2.45, 2.75) is 26.7 Å². The van der Waals surface area contributed by atoms with Gasteiger partial charge in [0, 0.05) is 6.07 Å². The summed E-state index contributed by atoms with van der Waals surface area (Å²) in [7, 11) is 0. The molecule has 0 fully saturated rings. The van der Waals surface area contributed by atoms with E-state index < -0.39 is 0 Å². The van der Waals surface area contributed by atoms with Crippen LogP contribution in [-0.2, 0) is 0 Å². The monoisotopic (exact) mass is 192 g/mol. The van der Waals surface area contributed by atoms with E-state index in [1.54, 1.807) is 12.1 Å². The van der Waals surface area contributed by atoms with Gasteiger partial charge in [0.15, 0.2) is 0 Å². The van der Waals surface area contributed by atoms with Gasteiger partial charge in [-0.15, -0.1) is 0 Å². The molecule has 0 aliphatic carbocycles. The zero-order valence-corrected chi connectivity index (χ0v) is 8.62. The quantitative estimate of drug-likeness (QED) is 0.771. The van der Waals surface area contributed by atoms with E-state index in [9.17, 15) is 10.2 Å². The number of hydrogen-bond acceptors (Lipinski definition) is 2. The average Bonchev–Trinajstić information content (AvgIpc) is 2.12. The maximum absolute atomic E-state index is 9.28. The predicted octanol–water partition coefficient (Wildman–Crippen LogP) is 3.30. The number of allylic oxidation sites excluding steroid dienone is 2. The molecule has 0 amide bonds. The summed E-state index contributed by atoms with van der Waals surface area (Å²) in [4.78, 5) is 0. The summed E-state index contributed by atoms with van der Waals surface area (Å²) in [5, 5.41) is 18.6. The maximum atomic E-state index is 9.28. The number of unbranched alkanes of at least 4 members (excludes halogenated alkanes) is 1. The molecule has 2 nitrogen and oxygen atoms in total. The Morgan fingerprint density at radius 2 is 1.79 bits per heavy atom. The van der Waals surface area contributed by atoms with Crippen molar-refractivity contribution in [3.8, 4) is 11.5 Å². The first-order valence-electron chi connectivity index (χ1n) is 4.83. The van der Waals surface area contributed by atoms with Gasteiger partial charge in [-0.2, -0.15) is 0 Å². The average molecular weight is 192 g/mol. The van der Waals surface area contributed by atoms with E-state index >= 15 is 0 Å². The molecule has 0 spiro atoms. The number of benzene rings is 1. The molecule has 0 saturated heterocycles. The van der Waals surface area contributed by atoms with Crippen molar-refractivity contribution in [1.82, 2.24) is 0 Å². The first kappa shape index (κ1) is 10.6. The molecular formula is C12H16O2. The van der Waals surface area contributed by atoms with Gasteiger partial charge in [0.1, 0.15) is 11.5 Å². The van der Waals surface area contributed by atoms with Gasteiger partial charge in [0.2, 0.25) is 0 Å². The number of phenols is 2. The Morgan fingerprint density at radius 3 is 2.29 bits per heavy atom. The van der Waals surface area contributed by atoms with Crippen molar-refractivity contribution in [3.63, 3.8) is 0 Å². The SMILES string of the molecule is CCC/C=C(\C)c1cc(O)cc(O)c1.